The van der Waals surface area contributed by atoms with Crippen molar-refractivity contribution in [1.82, 2.24) is 9.55 Å². The lowest BCUT2D eigenvalue weighted by atomic mass is 10.1. The maximum Gasteiger partial charge on any atom is 0.227 e. The molecule has 34 heavy (non-hydrogen) atoms. The lowest BCUT2D eigenvalue weighted by Crippen LogP contribution is -2.25. The number of anilines is 1. The van der Waals surface area contributed by atoms with E-state index in [0.29, 0.717) is 30.3 Å². The summed E-state index contributed by atoms with van der Waals surface area (Å²) >= 11 is 5.95. The molecule has 0 radical (unpaired) electrons. The Morgan fingerprint density at radius 1 is 1.03 bits per heavy atom. The average molecular weight is 476 g/mol. The van der Waals surface area contributed by atoms with Crippen molar-refractivity contribution in [3.05, 3.63) is 83.6 Å². The van der Waals surface area contributed by atoms with Crippen LogP contribution in [0.3, 0.4) is 0 Å². The minimum absolute atomic E-state index is 0.00185. The molecule has 1 aromatic heterocycles. The Labute approximate surface area is 203 Å². The second-order valence-corrected chi connectivity index (χ2v) is 8.78. The Morgan fingerprint density at radius 2 is 1.79 bits per heavy atom. The molecule has 0 aliphatic carbocycles. The number of fused-ring (bicyclic) bond motifs is 1. The highest BCUT2D eigenvalue weighted by atomic mass is 35.5. The fraction of sp³-hybridized carbons (Fsp3) is 0.259. The van der Waals surface area contributed by atoms with Crippen LogP contribution in [-0.2, 0) is 11.3 Å². The number of nitrogens with zero attached hydrogens (tertiary/aromatic N) is 3. The van der Waals surface area contributed by atoms with Crippen LogP contribution in [-0.4, -0.2) is 35.7 Å². The Morgan fingerprint density at radius 3 is 2.62 bits per heavy atom. The standard InChI is InChI=1S/C27H26ClN3O3/c1-33-25-10-5-4-9-24(25)31-18-19(17-26(31)32)27-29-22-7-2-3-8-23(22)30(27)15-6-16-34-21-13-11-20(28)12-14-21/h2-5,7-14,19H,6,15-18H2,1H3/t19-/m0/s1. The van der Waals surface area contributed by atoms with Crippen LogP contribution >= 0.6 is 11.6 Å². The number of aryl methyl sites for hydroxylation is 1. The number of halogens is 1. The minimum Gasteiger partial charge on any atom is -0.495 e. The first kappa shape index (κ1) is 22.3. The summed E-state index contributed by atoms with van der Waals surface area (Å²) in [5, 5.41) is 0.690. The van der Waals surface area contributed by atoms with Crippen molar-refractivity contribution in [3.63, 3.8) is 0 Å². The van der Waals surface area contributed by atoms with Crippen molar-refractivity contribution in [3.8, 4) is 11.5 Å². The maximum absolute atomic E-state index is 13.0. The smallest absolute Gasteiger partial charge is 0.227 e. The van der Waals surface area contributed by atoms with Crippen molar-refractivity contribution >= 4 is 34.2 Å². The van der Waals surface area contributed by atoms with Crippen LogP contribution in [0.5, 0.6) is 11.5 Å². The van der Waals surface area contributed by atoms with Gasteiger partial charge in [0, 0.05) is 30.5 Å². The van der Waals surface area contributed by atoms with E-state index >= 15 is 0 Å². The summed E-state index contributed by atoms with van der Waals surface area (Å²) in [4.78, 5) is 19.8. The van der Waals surface area contributed by atoms with Crippen LogP contribution in [0.15, 0.2) is 72.8 Å². The van der Waals surface area contributed by atoms with E-state index in [-0.39, 0.29) is 11.8 Å². The summed E-state index contributed by atoms with van der Waals surface area (Å²) < 4.78 is 13.6. The zero-order chi connectivity index (χ0) is 23.5. The van der Waals surface area contributed by atoms with Crippen molar-refractivity contribution in [2.24, 2.45) is 0 Å². The van der Waals surface area contributed by atoms with Gasteiger partial charge in [-0.1, -0.05) is 35.9 Å². The van der Waals surface area contributed by atoms with Gasteiger partial charge in [-0.05, 0) is 55.0 Å². The van der Waals surface area contributed by atoms with Crippen LogP contribution in [0.2, 0.25) is 5.02 Å². The Kier molecular flexibility index (Phi) is 6.41. The number of hydrogen-bond acceptors (Lipinski definition) is 4. The molecule has 0 bridgehead atoms. The number of hydrogen-bond donors (Lipinski definition) is 0. The molecule has 1 amide bonds. The van der Waals surface area contributed by atoms with Gasteiger partial charge in [-0.25, -0.2) is 4.98 Å². The topological polar surface area (TPSA) is 56.6 Å². The fourth-order valence-electron chi connectivity index (χ4n) is 4.55. The van der Waals surface area contributed by atoms with Gasteiger partial charge in [-0.3, -0.25) is 4.79 Å². The SMILES string of the molecule is COc1ccccc1N1C[C@@H](c2nc3ccccc3n2CCCOc2ccc(Cl)cc2)CC1=O. The van der Waals surface area contributed by atoms with Gasteiger partial charge in [0.1, 0.15) is 17.3 Å². The number of ether oxygens (including phenoxy) is 2. The number of aromatic nitrogens is 2. The summed E-state index contributed by atoms with van der Waals surface area (Å²) in [5.74, 6) is 2.53. The molecule has 1 aliphatic rings. The van der Waals surface area contributed by atoms with Crippen LogP contribution in [0, 0.1) is 0 Å². The number of carbonyl (C=O) groups is 1. The molecule has 3 aromatic carbocycles. The van der Waals surface area contributed by atoms with E-state index in [9.17, 15) is 4.79 Å². The molecule has 0 saturated carbocycles. The van der Waals surface area contributed by atoms with E-state index < -0.39 is 0 Å². The number of imidazole rings is 1. The minimum atomic E-state index is 0.00185. The molecule has 5 rings (SSSR count). The maximum atomic E-state index is 13.0. The molecule has 6 nitrogen and oxygen atoms in total. The number of benzene rings is 3. The zero-order valence-electron chi connectivity index (χ0n) is 19.0. The fourth-order valence-corrected chi connectivity index (χ4v) is 4.68. The predicted molar refractivity (Wildman–Crippen MR) is 134 cm³/mol. The monoisotopic (exact) mass is 475 g/mol. The molecule has 174 valence electrons. The molecule has 0 unspecified atom stereocenters. The zero-order valence-corrected chi connectivity index (χ0v) is 19.7. The van der Waals surface area contributed by atoms with Gasteiger partial charge in [0.25, 0.3) is 0 Å². The number of methoxy groups -OCH3 is 1. The van der Waals surface area contributed by atoms with Gasteiger partial charge in [0.15, 0.2) is 0 Å². The third-order valence-corrected chi connectivity index (χ3v) is 6.41. The summed E-state index contributed by atoms with van der Waals surface area (Å²) in [6, 6.07) is 23.2. The molecule has 4 aromatic rings. The van der Waals surface area contributed by atoms with Crippen LogP contribution < -0.4 is 14.4 Å². The quantitative estimate of drug-likeness (QED) is 0.307. The Balaban J connectivity index is 1.35. The highest BCUT2D eigenvalue weighted by Gasteiger charge is 2.35. The highest BCUT2D eigenvalue weighted by Crippen LogP contribution is 2.37. The molecule has 0 N–H and O–H groups in total. The number of carbonyl (C=O) groups excluding carboxylic acids is 1. The number of rotatable bonds is 8. The Bertz CT molecular complexity index is 1300. The second-order valence-electron chi connectivity index (χ2n) is 8.34. The average Bonchev–Trinajstić information content (AvgIpc) is 3.43. The lowest BCUT2D eigenvalue weighted by molar-refractivity contribution is -0.117. The molecule has 2 heterocycles. The van der Waals surface area contributed by atoms with E-state index in [4.69, 9.17) is 26.1 Å². The van der Waals surface area contributed by atoms with Crippen LogP contribution in [0.4, 0.5) is 5.69 Å². The van der Waals surface area contributed by atoms with Gasteiger partial charge in [-0.15, -0.1) is 0 Å². The van der Waals surface area contributed by atoms with Crippen molar-refractivity contribution in [2.45, 2.75) is 25.3 Å². The van der Waals surface area contributed by atoms with Gasteiger partial charge >= 0.3 is 0 Å². The van der Waals surface area contributed by atoms with E-state index in [1.54, 1.807) is 7.11 Å². The molecule has 1 aliphatic heterocycles. The first-order valence-electron chi connectivity index (χ1n) is 11.4. The van der Waals surface area contributed by atoms with Gasteiger partial charge < -0.3 is 18.9 Å². The van der Waals surface area contributed by atoms with E-state index in [1.165, 1.54) is 0 Å². The molecule has 0 spiro atoms. The van der Waals surface area contributed by atoms with E-state index in [0.717, 1.165) is 41.3 Å². The van der Waals surface area contributed by atoms with Crippen molar-refractivity contribution in [1.29, 1.82) is 0 Å². The van der Waals surface area contributed by atoms with Gasteiger partial charge in [-0.2, -0.15) is 0 Å². The predicted octanol–water partition coefficient (Wildman–Crippen LogP) is 5.69. The largest absolute Gasteiger partial charge is 0.495 e. The normalized spacial score (nSPS) is 15.8. The summed E-state index contributed by atoms with van der Waals surface area (Å²) in [5.41, 5.74) is 2.82. The van der Waals surface area contributed by atoms with E-state index in [1.807, 2.05) is 71.6 Å². The summed E-state index contributed by atoms with van der Waals surface area (Å²) in [6.07, 6.45) is 1.23. The molecule has 1 fully saturated rings. The molecule has 7 heteroatoms. The molecular weight excluding hydrogens is 450 g/mol. The Hall–Kier alpha value is -3.51. The third kappa shape index (κ3) is 4.46. The number of amides is 1. The first-order valence-corrected chi connectivity index (χ1v) is 11.8. The molecule has 1 saturated heterocycles. The summed E-state index contributed by atoms with van der Waals surface area (Å²) in [7, 11) is 1.63. The summed E-state index contributed by atoms with van der Waals surface area (Å²) in [6.45, 7) is 1.90. The van der Waals surface area contributed by atoms with Crippen LogP contribution in [0.1, 0.15) is 24.6 Å². The van der Waals surface area contributed by atoms with E-state index in [2.05, 4.69) is 10.6 Å². The van der Waals surface area contributed by atoms with Gasteiger partial charge in [0.05, 0.1) is 30.4 Å². The van der Waals surface area contributed by atoms with Crippen molar-refractivity contribution < 1.29 is 14.3 Å². The second kappa shape index (κ2) is 9.77. The molecule has 1 atom stereocenters. The third-order valence-electron chi connectivity index (χ3n) is 6.16. The van der Waals surface area contributed by atoms with Crippen molar-refractivity contribution in [2.75, 3.05) is 25.2 Å². The van der Waals surface area contributed by atoms with Gasteiger partial charge in [0.2, 0.25) is 5.91 Å². The van der Waals surface area contributed by atoms with Crippen LogP contribution in [0.25, 0.3) is 11.0 Å². The number of para-hydroxylation sites is 4. The molecular formula is C27H26ClN3O3. The lowest BCUT2D eigenvalue weighted by Gasteiger charge is -2.19. The highest BCUT2D eigenvalue weighted by molar-refractivity contribution is 6.30. The first-order chi connectivity index (χ1) is 16.6.